The Labute approximate surface area is 179 Å². The molecule has 2 aromatic carbocycles. The van der Waals surface area contributed by atoms with Crippen molar-refractivity contribution in [2.24, 2.45) is 0 Å². The number of aliphatic hydroxyl groups is 2. The lowest BCUT2D eigenvalue weighted by atomic mass is 9.95. The lowest BCUT2D eigenvalue weighted by Crippen LogP contribution is -2.36. The molecule has 1 aliphatic rings. The Balaban J connectivity index is 2.03. The number of benzene rings is 2. The van der Waals surface area contributed by atoms with E-state index in [1.807, 2.05) is 6.92 Å². The largest absolute Gasteiger partial charge is 0.507 e. The summed E-state index contributed by atoms with van der Waals surface area (Å²) in [7, 11) is 0. The van der Waals surface area contributed by atoms with E-state index in [-0.39, 0.29) is 30.0 Å². The minimum atomic E-state index is -0.809. The summed E-state index contributed by atoms with van der Waals surface area (Å²) in [5.74, 6) is -1.72. The molecule has 7 nitrogen and oxygen atoms in total. The fourth-order valence-electron chi connectivity index (χ4n) is 3.54. The van der Waals surface area contributed by atoms with Crippen molar-refractivity contribution in [3.8, 4) is 5.75 Å². The molecule has 1 atom stereocenters. The Hall–Kier alpha value is -3.23. The highest BCUT2D eigenvalue weighted by atomic mass is 19.1. The van der Waals surface area contributed by atoms with Crippen molar-refractivity contribution >= 4 is 17.4 Å². The maximum Gasteiger partial charge on any atom is 0.295 e. The van der Waals surface area contributed by atoms with Crippen LogP contribution >= 0.6 is 0 Å². The maximum absolute atomic E-state index is 13.3. The minimum Gasteiger partial charge on any atom is -0.507 e. The fourth-order valence-corrected chi connectivity index (χ4v) is 3.54. The van der Waals surface area contributed by atoms with Crippen LogP contribution in [0.2, 0.25) is 0 Å². The second-order valence-corrected chi connectivity index (χ2v) is 6.98. The van der Waals surface area contributed by atoms with Gasteiger partial charge in [-0.2, -0.15) is 0 Å². The number of Topliss-reactive ketones (excluding diaryl/α,β-unsaturated/α-hetero) is 1. The molecule has 1 aliphatic heterocycles. The van der Waals surface area contributed by atoms with Crippen LogP contribution in [0.1, 0.15) is 24.1 Å². The molecule has 0 spiro atoms. The van der Waals surface area contributed by atoms with Crippen LogP contribution in [0.4, 0.5) is 4.39 Å². The highest BCUT2D eigenvalue weighted by Gasteiger charge is 2.45. The first-order valence-electron chi connectivity index (χ1n) is 10.1. The van der Waals surface area contributed by atoms with Crippen LogP contribution in [0, 0.1) is 5.82 Å². The molecular weight excluding hydrogens is 403 g/mol. The lowest BCUT2D eigenvalue weighted by Gasteiger charge is -2.25. The Bertz CT molecular complexity index is 957. The third kappa shape index (κ3) is 4.92. The van der Waals surface area contributed by atoms with Gasteiger partial charge in [0.25, 0.3) is 11.7 Å². The van der Waals surface area contributed by atoms with Crippen LogP contribution in [0.3, 0.4) is 0 Å². The molecule has 1 amide bonds. The van der Waals surface area contributed by atoms with Crippen LogP contribution in [-0.2, 0) is 9.59 Å². The normalized spacial score (nSPS) is 17.9. The standard InChI is InChI=1S/C23H25FN2O5/c1-2-31-18-9-5-15(6-10-18)20-19(21(28)16-3-7-17(24)8-4-16)22(29)23(30)26(20)13-11-25-12-14-27/h3-10,20,25,27-28H,2,11-14H2,1H3/b21-19-. The summed E-state index contributed by atoms with van der Waals surface area (Å²) < 4.78 is 18.8. The number of carbonyl (C=O) groups excluding carboxylic acids is 2. The van der Waals surface area contributed by atoms with E-state index in [9.17, 15) is 19.1 Å². The number of aliphatic hydroxyl groups excluding tert-OH is 2. The molecule has 31 heavy (non-hydrogen) atoms. The highest BCUT2D eigenvalue weighted by molar-refractivity contribution is 6.46. The predicted octanol–water partition coefficient (Wildman–Crippen LogP) is 2.23. The quantitative estimate of drug-likeness (QED) is 0.245. The molecule has 164 valence electrons. The third-order valence-electron chi connectivity index (χ3n) is 4.98. The molecule has 0 radical (unpaired) electrons. The molecule has 3 N–H and O–H groups in total. The summed E-state index contributed by atoms with van der Waals surface area (Å²) in [6.45, 7) is 3.23. The van der Waals surface area contributed by atoms with E-state index < -0.39 is 23.5 Å². The second-order valence-electron chi connectivity index (χ2n) is 6.98. The average molecular weight is 428 g/mol. The summed E-state index contributed by atoms with van der Waals surface area (Å²) in [6.07, 6.45) is 0. The summed E-state index contributed by atoms with van der Waals surface area (Å²) in [5.41, 5.74) is 0.824. The van der Waals surface area contributed by atoms with Crippen molar-refractivity contribution < 1.29 is 28.9 Å². The van der Waals surface area contributed by atoms with Crippen LogP contribution in [0.5, 0.6) is 5.75 Å². The first-order valence-corrected chi connectivity index (χ1v) is 10.1. The fraction of sp³-hybridized carbons (Fsp3) is 0.304. The van der Waals surface area contributed by atoms with Gasteiger partial charge in [-0.1, -0.05) is 12.1 Å². The summed E-state index contributed by atoms with van der Waals surface area (Å²) in [6, 6.07) is 11.2. The number of ether oxygens (including phenoxy) is 1. The molecule has 1 unspecified atom stereocenters. The summed E-state index contributed by atoms with van der Waals surface area (Å²) in [4.78, 5) is 27.0. The van der Waals surface area contributed by atoms with Crippen molar-refractivity contribution in [1.82, 2.24) is 10.2 Å². The first kappa shape index (κ1) is 22.5. The number of amides is 1. The van der Waals surface area contributed by atoms with Gasteiger partial charge in [0.15, 0.2) is 0 Å². The molecule has 0 saturated carbocycles. The molecule has 1 saturated heterocycles. The van der Waals surface area contributed by atoms with E-state index in [2.05, 4.69) is 5.32 Å². The number of nitrogens with one attached hydrogen (secondary N) is 1. The van der Waals surface area contributed by atoms with E-state index in [0.717, 1.165) is 0 Å². The van der Waals surface area contributed by atoms with E-state index >= 15 is 0 Å². The number of rotatable bonds is 9. The maximum atomic E-state index is 13.3. The number of carbonyl (C=O) groups is 2. The van der Waals surface area contributed by atoms with Gasteiger partial charge in [0, 0.05) is 25.2 Å². The van der Waals surface area contributed by atoms with Gasteiger partial charge in [0.2, 0.25) is 0 Å². The van der Waals surface area contributed by atoms with Gasteiger partial charge in [0.1, 0.15) is 17.3 Å². The number of hydrogen-bond donors (Lipinski definition) is 3. The highest BCUT2D eigenvalue weighted by Crippen LogP contribution is 2.39. The average Bonchev–Trinajstić information content (AvgIpc) is 3.02. The summed E-state index contributed by atoms with van der Waals surface area (Å²) >= 11 is 0. The monoisotopic (exact) mass is 428 g/mol. The van der Waals surface area contributed by atoms with Gasteiger partial charge in [-0.3, -0.25) is 9.59 Å². The molecule has 2 aromatic rings. The van der Waals surface area contributed by atoms with Crippen LogP contribution in [0.25, 0.3) is 5.76 Å². The van der Waals surface area contributed by atoms with Crippen LogP contribution in [0.15, 0.2) is 54.1 Å². The number of likely N-dealkylation sites (tertiary alicyclic amines) is 1. The minimum absolute atomic E-state index is 0.0499. The van der Waals surface area contributed by atoms with Crippen LogP contribution < -0.4 is 10.1 Å². The topological polar surface area (TPSA) is 99.1 Å². The molecule has 0 aromatic heterocycles. The lowest BCUT2D eigenvalue weighted by molar-refractivity contribution is -0.139. The van der Waals surface area contributed by atoms with Gasteiger partial charge >= 0.3 is 0 Å². The Kier molecular flexibility index (Phi) is 7.38. The number of halogens is 1. The molecule has 1 heterocycles. The third-order valence-corrected chi connectivity index (χ3v) is 4.98. The SMILES string of the molecule is CCOc1ccc(C2/C(=C(/O)c3ccc(F)cc3)C(=O)C(=O)N2CCNCCO)cc1. The van der Waals surface area contributed by atoms with Crippen molar-refractivity contribution in [2.45, 2.75) is 13.0 Å². The van der Waals surface area contributed by atoms with Crippen LogP contribution in [-0.4, -0.2) is 59.7 Å². The molecule has 0 bridgehead atoms. The summed E-state index contributed by atoms with van der Waals surface area (Å²) in [5, 5.41) is 22.8. The number of hydrogen-bond acceptors (Lipinski definition) is 6. The molecule has 3 rings (SSSR count). The molecule has 1 fully saturated rings. The zero-order chi connectivity index (χ0) is 22.4. The van der Waals surface area contributed by atoms with E-state index in [4.69, 9.17) is 9.84 Å². The number of nitrogens with zero attached hydrogens (tertiary/aromatic N) is 1. The first-order chi connectivity index (χ1) is 15.0. The van der Waals surface area contributed by atoms with Crippen molar-refractivity contribution in [1.29, 1.82) is 0 Å². The Morgan fingerprint density at radius 2 is 1.77 bits per heavy atom. The van der Waals surface area contributed by atoms with E-state index in [1.54, 1.807) is 24.3 Å². The van der Waals surface area contributed by atoms with Gasteiger partial charge < -0.3 is 25.2 Å². The van der Waals surface area contributed by atoms with Crippen molar-refractivity contribution in [2.75, 3.05) is 32.8 Å². The Morgan fingerprint density at radius 3 is 2.39 bits per heavy atom. The molecular formula is C23H25FN2O5. The van der Waals surface area contributed by atoms with E-state index in [1.165, 1.54) is 29.2 Å². The smallest absolute Gasteiger partial charge is 0.295 e. The van der Waals surface area contributed by atoms with E-state index in [0.29, 0.717) is 31.0 Å². The zero-order valence-corrected chi connectivity index (χ0v) is 17.2. The molecule has 0 aliphatic carbocycles. The van der Waals surface area contributed by atoms with Gasteiger partial charge in [-0.25, -0.2) is 4.39 Å². The van der Waals surface area contributed by atoms with Gasteiger partial charge in [-0.05, 0) is 48.9 Å². The van der Waals surface area contributed by atoms with Crippen molar-refractivity contribution in [3.63, 3.8) is 0 Å². The predicted molar refractivity (Wildman–Crippen MR) is 113 cm³/mol. The Morgan fingerprint density at radius 1 is 1.10 bits per heavy atom. The second kappa shape index (κ2) is 10.2. The van der Waals surface area contributed by atoms with Gasteiger partial charge in [-0.15, -0.1) is 0 Å². The molecule has 8 heteroatoms. The number of ketones is 1. The van der Waals surface area contributed by atoms with Crippen molar-refractivity contribution in [3.05, 3.63) is 71.0 Å². The zero-order valence-electron chi connectivity index (χ0n) is 17.2. The van der Waals surface area contributed by atoms with Gasteiger partial charge in [0.05, 0.1) is 24.8 Å².